The van der Waals surface area contributed by atoms with Crippen molar-refractivity contribution in [3.63, 3.8) is 0 Å². The number of hydrogen-bond acceptors (Lipinski definition) is 10. The summed E-state index contributed by atoms with van der Waals surface area (Å²) in [6.45, 7) is 9.54. The molecule has 5 aliphatic rings. The third-order valence-electron chi connectivity index (χ3n) is 12.0. The van der Waals surface area contributed by atoms with Crippen LogP contribution in [0.4, 0.5) is 9.59 Å². The summed E-state index contributed by atoms with van der Waals surface area (Å²) >= 11 is 0. The first-order valence-electron chi connectivity index (χ1n) is 20.2. The molecule has 1 unspecified atom stereocenters. The molecule has 0 bridgehead atoms. The molecule has 4 amide bonds. The van der Waals surface area contributed by atoms with Gasteiger partial charge in [0.25, 0.3) is 0 Å². The zero-order chi connectivity index (χ0) is 40.8. The maximum absolute atomic E-state index is 13.7. The van der Waals surface area contributed by atoms with E-state index < -0.39 is 24.3 Å². The molecular weight excluding hydrogens is 743 g/mol. The fourth-order valence-electron chi connectivity index (χ4n) is 8.95. The number of ether oxygens (including phenoxy) is 4. The zero-order valence-corrected chi connectivity index (χ0v) is 33.8. The summed E-state index contributed by atoms with van der Waals surface area (Å²) in [5, 5.41) is 5.42. The Labute approximate surface area is 337 Å². The van der Waals surface area contributed by atoms with Crippen molar-refractivity contribution in [1.29, 1.82) is 0 Å². The molecule has 3 N–H and O–H groups in total. The van der Waals surface area contributed by atoms with Crippen LogP contribution in [0.25, 0.3) is 28.0 Å². The van der Waals surface area contributed by atoms with Crippen LogP contribution >= 0.6 is 0 Å². The number of imidazole rings is 1. The highest BCUT2D eigenvalue weighted by atomic mass is 16.5. The molecule has 0 saturated carbocycles. The molecule has 15 nitrogen and oxygen atoms in total. The van der Waals surface area contributed by atoms with Crippen LogP contribution in [0.5, 0.6) is 11.5 Å². The number of nitrogens with one attached hydrogen (secondary N) is 3. The molecule has 6 heterocycles. The highest BCUT2D eigenvalue weighted by Gasteiger charge is 2.40. The van der Waals surface area contributed by atoms with E-state index in [1.54, 1.807) is 11.1 Å². The molecule has 306 valence electrons. The lowest BCUT2D eigenvalue weighted by Gasteiger charge is -2.31. The van der Waals surface area contributed by atoms with Crippen molar-refractivity contribution < 1.29 is 38.1 Å². The van der Waals surface area contributed by atoms with Crippen molar-refractivity contribution >= 4 is 35.3 Å². The standard InChI is InChI=1S/C43H51N7O8/c1-22(2)37(47-42(53)55-5)40(51)49-11-7-9-31(49)29-15-26(18-44-29)24-13-27-20-58-34-17-25(14-28-21-57-33(16-24)35(27)36(28)34)30-19-45-39(46-30)32-10-8-12-50(32)41(52)38(23(3)4)48-43(54)56-6/h13-14,16-19,22-23,31-32,37-38H,7-12,15,20-21H2,1-6H3,(H,45,46)(H,47,53)(H,48,54)/t31-,32-,37-,38?/m0/s1. The number of amides is 4. The Hall–Kier alpha value is -5.86. The number of hydrogen-bond donors (Lipinski definition) is 3. The lowest BCUT2D eigenvalue weighted by atomic mass is 9.86. The monoisotopic (exact) mass is 793 g/mol. The number of rotatable bonds is 10. The fourth-order valence-corrected chi connectivity index (χ4v) is 8.95. The number of aliphatic imine (C=N–C) groups is 1. The van der Waals surface area contributed by atoms with Gasteiger partial charge >= 0.3 is 12.2 Å². The summed E-state index contributed by atoms with van der Waals surface area (Å²) < 4.78 is 22.5. The third kappa shape index (κ3) is 7.15. The van der Waals surface area contributed by atoms with E-state index in [-0.39, 0.29) is 35.7 Å². The second-order valence-electron chi connectivity index (χ2n) is 16.3. The van der Waals surface area contributed by atoms with E-state index in [4.69, 9.17) is 28.9 Å². The van der Waals surface area contributed by atoms with Crippen molar-refractivity contribution in [2.45, 2.75) is 97.2 Å². The number of aromatic nitrogens is 2. The Morgan fingerprint density at radius 2 is 1.31 bits per heavy atom. The van der Waals surface area contributed by atoms with Crippen LogP contribution in [-0.4, -0.2) is 94.9 Å². The summed E-state index contributed by atoms with van der Waals surface area (Å²) in [5.41, 5.74) is 8.82. The van der Waals surface area contributed by atoms with E-state index in [0.717, 1.165) is 87.5 Å². The van der Waals surface area contributed by atoms with Gasteiger partial charge in [-0.1, -0.05) is 27.7 Å². The zero-order valence-electron chi connectivity index (χ0n) is 33.8. The molecule has 1 aromatic heterocycles. The predicted octanol–water partition coefficient (Wildman–Crippen LogP) is 6.13. The van der Waals surface area contributed by atoms with Crippen LogP contribution in [0.2, 0.25) is 0 Å². The minimum atomic E-state index is -0.708. The Bertz CT molecular complexity index is 2160. The molecule has 5 aliphatic heterocycles. The lowest BCUT2D eigenvalue weighted by Crippen LogP contribution is -2.53. The van der Waals surface area contributed by atoms with Crippen molar-refractivity contribution in [3.05, 3.63) is 59.2 Å². The number of aromatic amines is 1. The summed E-state index contributed by atoms with van der Waals surface area (Å²) in [6.07, 6.45) is 6.32. The molecule has 58 heavy (non-hydrogen) atoms. The molecule has 2 saturated heterocycles. The normalized spacial score (nSPS) is 20.1. The van der Waals surface area contributed by atoms with Gasteiger partial charge < -0.3 is 44.4 Å². The minimum absolute atomic E-state index is 0.105. The highest BCUT2D eigenvalue weighted by Crippen LogP contribution is 2.51. The van der Waals surface area contributed by atoms with Gasteiger partial charge in [0.15, 0.2) is 0 Å². The summed E-state index contributed by atoms with van der Waals surface area (Å²) in [6, 6.07) is 6.61. The van der Waals surface area contributed by atoms with Crippen molar-refractivity contribution in [2.75, 3.05) is 27.3 Å². The van der Waals surface area contributed by atoms with E-state index in [1.807, 2.05) is 44.9 Å². The number of nitrogens with zero attached hydrogens (tertiary/aromatic N) is 4. The maximum Gasteiger partial charge on any atom is 0.407 e. The first-order valence-corrected chi connectivity index (χ1v) is 20.2. The summed E-state index contributed by atoms with van der Waals surface area (Å²) in [4.78, 5) is 68.1. The largest absolute Gasteiger partial charge is 0.488 e. The van der Waals surface area contributed by atoms with Gasteiger partial charge in [0, 0.05) is 59.2 Å². The van der Waals surface area contributed by atoms with Crippen LogP contribution < -0.4 is 20.1 Å². The molecule has 2 aromatic carbocycles. The predicted molar refractivity (Wildman–Crippen MR) is 215 cm³/mol. The van der Waals surface area contributed by atoms with Gasteiger partial charge in [-0.25, -0.2) is 14.6 Å². The summed E-state index contributed by atoms with van der Waals surface area (Å²) in [5.74, 6) is 1.77. The fraction of sp³-hybridized carbons (Fsp3) is 0.488. The number of likely N-dealkylation sites (tertiary alicyclic amines) is 2. The van der Waals surface area contributed by atoms with E-state index in [1.165, 1.54) is 14.2 Å². The lowest BCUT2D eigenvalue weighted by molar-refractivity contribution is -0.135. The maximum atomic E-state index is 13.7. The second kappa shape index (κ2) is 15.8. The molecule has 15 heteroatoms. The van der Waals surface area contributed by atoms with Gasteiger partial charge in [0.05, 0.1) is 38.2 Å². The van der Waals surface area contributed by atoms with Crippen LogP contribution in [0.1, 0.15) is 88.4 Å². The van der Waals surface area contributed by atoms with Gasteiger partial charge in [-0.2, -0.15) is 0 Å². The molecule has 8 rings (SSSR count). The second-order valence-corrected chi connectivity index (χ2v) is 16.3. The first-order chi connectivity index (χ1) is 27.9. The van der Waals surface area contributed by atoms with E-state index >= 15 is 0 Å². The van der Waals surface area contributed by atoms with Crippen LogP contribution in [0, 0.1) is 11.8 Å². The average Bonchev–Trinajstić information content (AvgIpc) is 4.06. The number of carbonyl (C=O) groups is 4. The Balaban J connectivity index is 0.983. The number of alkyl carbamates (subject to hydrolysis) is 2. The SMILES string of the molecule is COC(=O)NC(C(=O)N1CCC[C@H]1c1ncc(-c2cc3c4c(c2)OCc2cc(C5=CN=C([C@@H]6CCCN6C(=O)[C@@H](NC(=O)OC)C(C)C)C5)cc(c2-4)OC3)[nH]1)C(C)C. The number of allylic oxidation sites excluding steroid dienone is 1. The molecule has 0 radical (unpaired) electrons. The van der Waals surface area contributed by atoms with Gasteiger partial charge in [0.1, 0.15) is 42.6 Å². The van der Waals surface area contributed by atoms with Crippen LogP contribution in [0.3, 0.4) is 0 Å². The number of methoxy groups -OCH3 is 2. The Kier molecular flexibility index (Phi) is 10.6. The molecule has 2 fully saturated rings. The van der Waals surface area contributed by atoms with Gasteiger partial charge in [-0.15, -0.1) is 0 Å². The molecule has 3 aromatic rings. The number of benzene rings is 2. The van der Waals surface area contributed by atoms with Crippen LogP contribution in [0.15, 0.2) is 41.7 Å². The van der Waals surface area contributed by atoms with E-state index in [0.29, 0.717) is 38.5 Å². The topological polar surface area (TPSA) is 177 Å². The summed E-state index contributed by atoms with van der Waals surface area (Å²) in [7, 11) is 2.58. The molecule has 0 spiro atoms. The number of carbonyl (C=O) groups excluding carboxylic acids is 4. The smallest absolute Gasteiger partial charge is 0.407 e. The average molecular weight is 794 g/mol. The van der Waals surface area contributed by atoms with Gasteiger partial charge in [-0.3, -0.25) is 14.6 Å². The quantitative estimate of drug-likeness (QED) is 0.218. The first kappa shape index (κ1) is 39.0. The molecule has 4 atom stereocenters. The Morgan fingerprint density at radius 1 is 0.776 bits per heavy atom. The van der Waals surface area contributed by atoms with Gasteiger partial charge in [0.2, 0.25) is 11.8 Å². The molecular formula is C43H51N7O8. The van der Waals surface area contributed by atoms with Crippen LogP contribution in [-0.2, 0) is 32.3 Å². The molecule has 0 aliphatic carbocycles. The van der Waals surface area contributed by atoms with Gasteiger partial charge in [-0.05, 0) is 72.9 Å². The highest BCUT2D eigenvalue weighted by molar-refractivity contribution is 6.04. The van der Waals surface area contributed by atoms with E-state index in [9.17, 15) is 19.2 Å². The van der Waals surface area contributed by atoms with Crippen molar-refractivity contribution in [1.82, 2.24) is 30.4 Å². The van der Waals surface area contributed by atoms with Crippen molar-refractivity contribution in [3.8, 4) is 33.9 Å². The van der Waals surface area contributed by atoms with Crippen molar-refractivity contribution in [2.24, 2.45) is 16.8 Å². The third-order valence-corrected chi connectivity index (χ3v) is 12.0. The Morgan fingerprint density at radius 3 is 1.88 bits per heavy atom. The number of H-pyrrole nitrogens is 1. The van der Waals surface area contributed by atoms with E-state index in [2.05, 4.69) is 33.8 Å². The minimum Gasteiger partial charge on any atom is -0.488 e.